The Kier molecular flexibility index (Phi) is 3.78. The highest BCUT2D eigenvalue weighted by molar-refractivity contribution is 6.04. The van der Waals surface area contributed by atoms with Crippen LogP contribution in [0.5, 0.6) is 0 Å². The van der Waals surface area contributed by atoms with Gasteiger partial charge in [0.05, 0.1) is 11.1 Å². The molecule has 1 heterocycles. The smallest absolute Gasteiger partial charge is 0.250 e. The molecular formula is C19H20N4O. The number of nitrogens with two attached hydrogens (primary N) is 1. The fraction of sp³-hybridized carbons (Fsp3) is 0.263. The second kappa shape index (κ2) is 6.09. The van der Waals surface area contributed by atoms with Crippen LogP contribution >= 0.6 is 0 Å². The predicted molar refractivity (Wildman–Crippen MR) is 94.8 cm³/mol. The molecule has 0 spiro atoms. The molecule has 3 aromatic rings. The number of H-pyrrole nitrogens is 1. The molecule has 0 aliphatic heterocycles. The Morgan fingerprint density at radius 2 is 2.08 bits per heavy atom. The lowest BCUT2D eigenvalue weighted by Crippen LogP contribution is -2.19. The van der Waals surface area contributed by atoms with Crippen LogP contribution in [0.15, 0.2) is 42.5 Å². The quantitative estimate of drug-likeness (QED) is 0.653. The molecule has 0 bridgehead atoms. The van der Waals surface area contributed by atoms with Crippen LogP contribution < -0.4 is 11.1 Å². The average Bonchev–Trinajstić information content (AvgIpc) is 3.30. The summed E-state index contributed by atoms with van der Waals surface area (Å²) in [6.45, 7) is 1.00. The second-order valence-corrected chi connectivity index (χ2v) is 6.33. The fourth-order valence-corrected chi connectivity index (χ4v) is 2.95. The topological polar surface area (TPSA) is 83.8 Å². The van der Waals surface area contributed by atoms with Gasteiger partial charge >= 0.3 is 0 Å². The number of benzene rings is 2. The third kappa shape index (κ3) is 3.03. The molecule has 1 aliphatic rings. The van der Waals surface area contributed by atoms with Gasteiger partial charge in [-0.15, -0.1) is 0 Å². The molecule has 1 saturated carbocycles. The Bertz CT molecular complexity index is 895. The number of carbonyl (C=O) groups excluding carboxylic acids is 1. The van der Waals surface area contributed by atoms with Gasteiger partial charge in [-0.25, -0.2) is 4.98 Å². The van der Waals surface area contributed by atoms with Crippen molar-refractivity contribution >= 4 is 16.9 Å². The summed E-state index contributed by atoms with van der Waals surface area (Å²) in [5, 5.41) is 3.53. The molecular weight excluding hydrogens is 300 g/mol. The lowest BCUT2D eigenvalue weighted by Gasteiger charge is -2.05. The Labute approximate surface area is 140 Å². The minimum absolute atomic E-state index is 0.444. The maximum absolute atomic E-state index is 11.6. The zero-order chi connectivity index (χ0) is 16.5. The maximum Gasteiger partial charge on any atom is 0.250 e. The van der Waals surface area contributed by atoms with E-state index in [1.54, 1.807) is 6.07 Å². The van der Waals surface area contributed by atoms with Gasteiger partial charge in [-0.3, -0.25) is 4.79 Å². The van der Waals surface area contributed by atoms with Crippen molar-refractivity contribution in [1.82, 2.24) is 15.3 Å². The Hall–Kier alpha value is -2.66. The molecule has 0 radical (unpaired) electrons. The van der Waals surface area contributed by atoms with Crippen LogP contribution in [-0.2, 0) is 6.42 Å². The minimum Gasteiger partial charge on any atom is -0.366 e. The highest BCUT2D eigenvalue weighted by atomic mass is 16.1. The van der Waals surface area contributed by atoms with Gasteiger partial charge in [0.1, 0.15) is 11.3 Å². The number of hydrogen-bond acceptors (Lipinski definition) is 3. The molecule has 1 aliphatic carbocycles. The molecule has 0 saturated heterocycles. The molecule has 5 heteroatoms. The minimum atomic E-state index is -0.460. The lowest BCUT2D eigenvalue weighted by molar-refractivity contribution is 0.100. The highest BCUT2D eigenvalue weighted by Gasteiger charge is 2.19. The largest absolute Gasteiger partial charge is 0.366 e. The summed E-state index contributed by atoms with van der Waals surface area (Å²) in [7, 11) is 0. The van der Waals surface area contributed by atoms with E-state index < -0.39 is 5.91 Å². The molecule has 1 aromatic heterocycles. The summed E-state index contributed by atoms with van der Waals surface area (Å²) in [4.78, 5) is 19.4. The van der Waals surface area contributed by atoms with Crippen LogP contribution in [-0.4, -0.2) is 28.5 Å². The first kappa shape index (κ1) is 14.9. The van der Waals surface area contributed by atoms with Gasteiger partial charge in [-0.05, 0) is 49.6 Å². The van der Waals surface area contributed by atoms with Crippen LogP contribution in [0.25, 0.3) is 22.4 Å². The monoisotopic (exact) mass is 320 g/mol. The van der Waals surface area contributed by atoms with E-state index >= 15 is 0 Å². The summed E-state index contributed by atoms with van der Waals surface area (Å²) in [6.07, 6.45) is 3.61. The van der Waals surface area contributed by atoms with E-state index in [1.807, 2.05) is 24.3 Å². The number of carbonyl (C=O) groups is 1. The first-order valence-corrected chi connectivity index (χ1v) is 8.32. The van der Waals surface area contributed by atoms with Crippen LogP contribution in [0.2, 0.25) is 0 Å². The summed E-state index contributed by atoms with van der Waals surface area (Å²) in [6, 6.07) is 14.5. The van der Waals surface area contributed by atoms with E-state index in [-0.39, 0.29) is 0 Å². The second-order valence-electron chi connectivity index (χ2n) is 6.33. The van der Waals surface area contributed by atoms with E-state index in [2.05, 4.69) is 27.4 Å². The predicted octanol–water partition coefficient (Wildman–Crippen LogP) is 2.62. The van der Waals surface area contributed by atoms with Gasteiger partial charge in [-0.2, -0.15) is 0 Å². The fourth-order valence-electron chi connectivity index (χ4n) is 2.95. The lowest BCUT2D eigenvalue weighted by atomic mass is 10.1. The SMILES string of the molecule is NC(=O)c1cccc2[nH]c(-c3cccc(CCNC4CC4)c3)nc12. The molecule has 24 heavy (non-hydrogen) atoms. The van der Waals surface area contributed by atoms with Crippen LogP contribution in [0.3, 0.4) is 0 Å². The summed E-state index contributed by atoms with van der Waals surface area (Å²) < 4.78 is 0. The van der Waals surface area contributed by atoms with Gasteiger partial charge in [-0.1, -0.05) is 24.3 Å². The van der Waals surface area contributed by atoms with Gasteiger partial charge in [0.15, 0.2) is 0 Å². The van der Waals surface area contributed by atoms with E-state index in [4.69, 9.17) is 5.73 Å². The van der Waals surface area contributed by atoms with Crippen molar-refractivity contribution in [1.29, 1.82) is 0 Å². The van der Waals surface area contributed by atoms with Crippen molar-refractivity contribution in [2.24, 2.45) is 5.73 Å². The number of primary amides is 1. The first-order valence-electron chi connectivity index (χ1n) is 8.32. The number of aromatic nitrogens is 2. The normalized spacial score (nSPS) is 14.2. The van der Waals surface area contributed by atoms with Crippen molar-refractivity contribution in [3.63, 3.8) is 0 Å². The number of nitrogens with one attached hydrogen (secondary N) is 2. The van der Waals surface area contributed by atoms with E-state index in [1.165, 1.54) is 18.4 Å². The Morgan fingerprint density at radius 3 is 2.88 bits per heavy atom. The van der Waals surface area contributed by atoms with Crippen molar-refractivity contribution in [3.05, 3.63) is 53.6 Å². The molecule has 122 valence electrons. The number of para-hydroxylation sites is 1. The van der Waals surface area contributed by atoms with Crippen LogP contribution in [0.4, 0.5) is 0 Å². The standard InChI is InChI=1S/C19H20N4O/c20-18(24)15-5-2-6-16-17(15)23-19(22-16)13-4-1-3-12(11-13)9-10-21-14-7-8-14/h1-6,11,14,21H,7-10H2,(H2,20,24)(H,22,23). The molecule has 4 N–H and O–H groups in total. The molecule has 2 aromatic carbocycles. The summed E-state index contributed by atoms with van der Waals surface area (Å²) in [5.74, 6) is 0.300. The zero-order valence-corrected chi connectivity index (χ0v) is 13.4. The Morgan fingerprint density at radius 1 is 1.25 bits per heavy atom. The molecule has 4 rings (SSSR count). The highest BCUT2D eigenvalue weighted by Crippen LogP contribution is 2.24. The number of amides is 1. The van der Waals surface area contributed by atoms with Gasteiger partial charge < -0.3 is 16.0 Å². The van der Waals surface area contributed by atoms with Gasteiger partial charge in [0, 0.05) is 11.6 Å². The number of hydrogen-bond donors (Lipinski definition) is 3. The van der Waals surface area contributed by atoms with E-state index in [0.717, 1.165) is 35.9 Å². The number of imidazole rings is 1. The molecule has 1 amide bonds. The van der Waals surface area contributed by atoms with Crippen molar-refractivity contribution < 1.29 is 4.79 Å². The van der Waals surface area contributed by atoms with Gasteiger partial charge in [0.25, 0.3) is 5.91 Å². The zero-order valence-electron chi connectivity index (χ0n) is 13.4. The first-order chi connectivity index (χ1) is 11.7. The molecule has 1 fully saturated rings. The van der Waals surface area contributed by atoms with E-state index in [9.17, 15) is 4.79 Å². The number of aromatic amines is 1. The van der Waals surface area contributed by atoms with Gasteiger partial charge in [0.2, 0.25) is 0 Å². The number of rotatable bonds is 6. The van der Waals surface area contributed by atoms with Crippen LogP contribution in [0.1, 0.15) is 28.8 Å². The molecule has 0 atom stereocenters. The van der Waals surface area contributed by atoms with Crippen molar-refractivity contribution in [2.45, 2.75) is 25.3 Å². The number of fused-ring (bicyclic) bond motifs is 1. The molecule has 0 unspecified atom stereocenters. The number of nitrogens with zero attached hydrogens (tertiary/aromatic N) is 1. The van der Waals surface area contributed by atoms with E-state index in [0.29, 0.717) is 11.1 Å². The maximum atomic E-state index is 11.6. The Balaban J connectivity index is 1.61. The molecule has 5 nitrogen and oxygen atoms in total. The summed E-state index contributed by atoms with van der Waals surface area (Å²) >= 11 is 0. The van der Waals surface area contributed by atoms with Crippen LogP contribution in [0, 0.1) is 0 Å². The van der Waals surface area contributed by atoms with Crippen molar-refractivity contribution in [2.75, 3.05) is 6.54 Å². The average molecular weight is 320 g/mol. The third-order valence-electron chi connectivity index (χ3n) is 4.40. The van der Waals surface area contributed by atoms with Crippen molar-refractivity contribution in [3.8, 4) is 11.4 Å². The third-order valence-corrected chi connectivity index (χ3v) is 4.40. The summed E-state index contributed by atoms with van der Waals surface area (Å²) in [5.41, 5.74) is 9.62.